The molecule has 0 aromatic rings. The summed E-state index contributed by atoms with van der Waals surface area (Å²) in [7, 11) is 0. The minimum Gasteiger partial charge on any atom is -0.545 e. The maximum absolute atomic E-state index is 10.4. The third-order valence-corrected chi connectivity index (χ3v) is 2.19. The van der Waals surface area contributed by atoms with Gasteiger partial charge in [0, 0.05) is 0 Å². The summed E-state index contributed by atoms with van der Waals surface area (Å²) in [5.74, 6) is -0.515. The summed E-state index contributed by atoms with van der Waals surface area (Å²) < 4.78 is 0. The van der Waals surface area contributed by atoms with Crippen LogP contribution in [-0.2, 0) is 4.79 Å². The Morgan fingerprint density at radius 2 is 2.00 bits per heavy atom. The van der Waals surface area contributed by atoms with Crippen LogP contribution >= 0.6 is 0 Å². The van der Waals surface area contributed by atoms with E-state index in [1.165, 1.54) is 5.57 Å². The van der Waals surface area contributed by atoms with Crippen molar-refractivity contribution >= 4 is 5.97 Å². The molecule has 0 spiro atoms. The molecule has 0 atom stereocenters. The molecule has 0 unspecified atom stereocenters. The average molecular weight is 204 g/mol. The van der Waals surface area contributed by atoms with Gasteiger partial charge < -0.3 is 9.90 Å². The van der Waals surface area contributed by atoms with Crippen LogP contribution in [0.2, 0.25) is 0 Å². The number of carboxylic acids is 1. The van der Waals surface area contributed by atoms with Crippen LogP contribution < -0.4 is 56.5 Å². The summed E-state index contributed by atoms with van der Waals surface area (Å²) in [4.78, 5) is 10.4. The molecule has 0 saturated heterocycles. The Balaban J connectivity index is 0.00000144. The van der Waals surface area contributed by atoms with Crippen molar-refractivity contribution in [2.75, 3.05) is 0 Å². The smallest absolute Gasteiger partial charge is 0.545 e. The van der Waals surface area contributed by atoms with Gasteiger partial charge >= 0.3 is 51.4 Å². The molecule has 0 radical (unpaired) electrons. The standard InChI is InChI=1S/C10H14O2.K/c1-7(2)8-3-5-9(6-4-8)10(11)12;/h3,5,7H,4,6H2,1-2H3,(H,11,12);/q;+1/p-1. The van der Waals surface area contributed by atoms with Crippen LogP contribution in [0.25, 0.3) is 0 Å². The van der Waals surface area contributed by atoms with E-state index in [0.29, 0.717) is 17.9 Å². The zero-order chi connectivity index (χ0) is 9.14. The third-order valence-electron chi connectivity index (χ3n) is 2.19. The Labute approximate surface area is 122 Å². The van der Waals surface area contributed by atoms with Crippen molar-refractivity contribution in [1.82, 2.24) is 0 Å². The van der Waals surface area contributed by atoms with Crippen molar-refractivity contribution in [2.24, 2.45) is 5.92 Å². The van der Waals surface area contributed by atoms with Crippen LogP contribution in [0, 0.1) is 5.92 Å². The van der Waals surface area contributed by atoms with Crippen LogP contribution in [0.15, 0.2) is 23.3 Å². The van der Waals surface area contributed by atoms with Crippen molar-refractivity contribution in [1.29, 1.82) is 0 Å². The molecular formula is C10H13KO2. The quantitative estimate of drug-likeness (QED) is 0.490. The van der Waals surface area contributed by atoms with E-state index in [4.69, 9.17) is 0 Å². The molecule has 0 fully saturated rings. The van der Waals surface area contributed by atoms with Crippen LogP contribution in [0.1, 0.15) is 26.7 Å². The first kappa shape index (κ1) is 13.6. The maximum atomic E-state index is 10.4. The van der Waals surface area contributed by atoms with E-state index >= 15 is 0 Å². The van der Waals surface area contributed by atoms with Gasteiger partial charge in [-0.25, -0.2) is 0 Å². The largest absolute Gasteiger partial charge is 1.00 e. The van der Waals surface area contributed by atoms with E-state index in [1.807, 2.05) is 6.08 Å². The van der Waals surface area contributed by atoms with Gasteiger partial charge in [-0.15, -0.1) is 0 Å². The fourth-order valence-corrected chi connectivity index (χ4v) is 1.30. The Bertz CT molecular complexity index is 252. The van der Waals surface area contributed by atoms with Gasteiger partial charge in [0.2, 0.25) is 0 Å². The summed E-state index contributed by atoms with van der Waals surface area (Å²) in [6.45, 7) is 4.23. The van der Waals surface area contributed by atoms with Crippen LogP contribution in [0.4, 0.5) is 0 Å². The van der Waals surface area contributed by atoms with Crippen molar-refractivity contribution in [3.8, 4) is 0 Å². The zero-order valence-corrected chi connectivity index (χ0v) is 11.6. The second kappa shape index (κ2) is 6.14. The Morgan fingerprint density at radius 3 is 2.31 bits per heavy atom. The van der Waals surface area contributed by atoms with Crippen molar-refractivity contribution < 1.29 is 61.3 Å². The molecule has 0 aromatic carbocycles. The molecule has 1 aliphatic carbocycles. The second-order valence-electron chi connectivity index (χ2n) is 3.38. The Morgan fingerprint density at radius 1 is 1.38 bits per heavy atom. The van der Waals surface area contributed by atoms with Crippen molar-refractivity contribution in [3.05, 3.63) is 23.3 Å². The molecule has 0 aliphatic heterocycles. The molecule has 0 bridgehead atoms. The first-order valence-electron chi connectivity index (χ1n) is 4.22. The maximum Gasteiger partial charge on any atom is 1.00 e. The summed E-state index contributed by atoms with van der Waals surface area (Å²) in [6.07, 6.45) is 5.04. The minimum absolute atomic E-state index is 0. The Kier molecular flexibility index (Phi) is 6.42. The van der Waals surface area contributed by atoms with E-state index in [0.717, 1.165) is 6.42 Å². The van der Waals surface area contributed by atoms with Gasteiger partial charge in [-0.05, 0) is 24.3 Å². The average Bonchev–Trinajstić information content (AvgIpc) is 2.04. The molecule has 13 heavy (non-hydrogen) atoms. The number of aliphatic carboxylic acids is 1. The number of rotatable bonds is 2. The van der Waals surface area contributed by atoms with Crippen LogP contribution in [0.3, 0.4) is 0 Å². The van der Waals surface area contributed by atoms with Gasteiger partial charge in [0.05, 0.1) is 5.97 Å². The molecule has 0 heterocycles. The summed E-state index contributed by atoms with van der Waals surface area (Å²) in [6, 6.07) is 0. The fraction of sp³-hybridized carbons (Fsp3) is 0.500. The monoisotopic (exact) mass is 204 g/mol. The molecule has 3 heteroatoms. The van der Waals surface area contributed by atoms with Gasteiger partial charge in [-0.1, -0.05) is 31.6 Å². The van der Waals surface area contributed by atoms with Gasteiger partial charge in [0.1, 0.15) is 0 Å². The first-order valence-corrected chi connectivity index (χ1v) is 4.22. The molecule has 66 valence electrons. The molecule has 1 rings (SSSR count). The molecule has 0 amide bonds. The SMILES string of the molecule is CC(C)C1=CC=C(C(=O)[O-])CC1.[K+]. The van der Waals surface area contributed by atoms with E-state index in [1.54, 1.807) is 6.08 Å². The molecular weight excluding hydrogens is 191 g/mol. The number of carboxylic acid groups (broad SMARTS) is 1. The van der Waals surface area contributed by atoms with Crippen LogP contribution in [-0.4, -0.2) is 5.97 Å². The third kappa shape index (κ3) is 4.08. The molecule has 0 N–H and O–H groups in total. The fourth-order valence-electron chi connectivity index (χ4n) is 1.30. The van der Waals surface area contributed by atoms with E-state index < -0.39 is 5.97 Å². The van der Waals surface area contributed by atoms with E-state index in [2.05, 4.69) is 13.8 Å². The summed E-state index contributed by atoms with van der Waals surface area (Å²) in [5, 5.41) is 10.4. The number of hydrogen-bond acceptors (Lipinski definition) is 2. The molecule has 0 saturated carbocycles. The first-order chi connectivity index (χ1) is 5.61. The van der Waals surface area contributed by atoms with Crippen molar-refractivity contribution in [3.63, 3.8) is 0 Å². The predicted octanol–water partition coefficient (Wildman–Crippen LogP) is -1.96. The van der Waals surface area contributed by atoms with Gasteiger partial charge in [-0.3, -0.25) is 0 Å². The molecule has 1 aliphatic rings. The molecule has 0 aromatic heterocycles. The Hall–Kier alpha value is 0.586. The van der Waals surface area contributed by atoms with Crippen LogP contribution in [0.5, 0.6) is 0 Å². The number of carbonyl (C=O) groups excluding carboxylic acids is 1. The summed E-state index contributed by atoms with van der Waals surface area (Å²) in [5.41, 5.74) is 1.74. The summed E-state index contributed by atoms with van der Waals surface area (Å²) >= 11 is 0. The van der Waals surface area contributed by atoms with Crippen molar-refractivity contribution in [2.45, 2.75) is 26.7 Å². The van der Waals surface area contributed by atoms with Gasteiger partial charge in [0.25, 0.3) is 0 Å². The van der Waals surface area contributed by atoms with E-state index in [-0.39, 0.29) is 51.4 Å². The van der Waals surface area contributed by atoms with E-state index in [9.17, 15) is 9.90 Å². The zero-order valence-electron chi connectivity index (χ0n) is 8.46. The number of allylic oxidation sites excluding steroid dienone is 3. The van der Waals surface area contributed by atoms with Gasteiger partial charge in [0.15, 0.2) is 0 Å². The normalized spacial score (nSPS) is 15.9. The minimum atomic E-state index is -1.03. The predicted molar refractivity (Wildman–Crippen MR) is 45.2 cm³/mol. The number of carbonyl (C=O) groups is 1. The second-order valence-corrected chi connectivity index (χ2v) is 3.38. The number of hydrogen-bond donors (Lipinski definition) is 0. The molecule has 2 nitrogen and oxygen atoms in total. The van der Waals surface area contributed by atoms with Gasteiger partial charge in [-0.2, -0.15) is 0 Å². The topological polar surface area (TPSA) is 40.1 Å².